The molecule has 0 aliphatic heterocycles. The van der Waals surface area contributed by atoms with Crippen LogP contribution in [-0.2, 0) is 0 Å². The van der Waals surface area contributed by atoms with Gasteiger partial charge in [-0.1, -0.05) is 30.3 Å². The van der Waals surface area contributed by atoms with Crippen molar-refractivity contribution >= 4 is 23.1 Å². The summed E-state index contributed by atoms with van der Waals surface area (Å²) in [6.07, 6.45) is 5.61. The van der Waals surface area contributed by atoms with E-state index in [9.17, 15) is 4.79 Å². The fourth-order valence-corrected chi connectivity index (χ4v) is 3.32. The molecule has 2 aromatic carbocycles. The number of para-hydroxylation sites is 1. The smallest absolute Gasteiger partial charge is 0.417 e. The molecule has 1 amide bonds. The fourth-order valence-electron chi connectivity index (χ4n) is 3.32. The first-order valence-corrected chi connectivity index (χ1v) is 9.34. The summed E-state index contributed by atoms with van der Waals surface area (Å²) in [7, 11) is 0. The number of carbonyl (C=O) groups is 1. The van der Waals surface area contributed by atoms with E-state index >= 15 is 0 Å². The van der Waals surface area contributed by atoms with E-state index in [1.54, 1.807) is 47.1 Å². The van der Waals surface area contributed by atoms with Crippen molar-refractivity contribution in [3.63, 3.8) is 0 Å². The molecule has 9 heteroatoms. The minimum Gasteiger partial charge on any atom is -0.443 e. The van der Waals surface area contributed by atoms with Gasteiger partial charge in [0.05, 0.1) is 6.20 Å². The molecule has 0 saturated carbocycles. The number of benzene rings is 2. The van der Waals surface area contributed by atoms with Crippen LogP contribution in [0.25, 0.3) is 28.0 Å². The maximum Gasteiger partial charge on any atom is 0.417 e. The Labute approximate surface area is 176 Å². The monoisotopic (exact) mass is 412 g/mol. The van der Waals surface area contributed by atoms with Crippen molar-refractivity contribution in [3.05, 3.63) is 79.7 Å². The van der Waals surface area contributed by atoms with Crippen LogP contribution in [0, 0.1) is 0 Å². The number of carbonyl (C=O) groups excluding carboxylic acids is 1. The second kappa shape index (κ2) is 7.64. The minimum atomic E-state index is -0.576. The van der Waals surface area contributed by atoms with E-state index < -0.39 is 6.09 Å². The Morgan fingerprint density at radius 3 is 2.65 bits per heavy atom. The molecular formula is C22H16N6O3. The van der Waals surface area contributed by atoms with E-state index in [4.69, 9.17) is 14.9 Å². The van der Waals surface area contributed by atoms with Gasteiger partial charge in [0.15, 0.2) is 18.0 Å². The predicted octanol–water partition coefficient (Wildman–Crippen LogP) is 4.24. The molecule has 5 rings (SSSR count). The lowest BCUT2D eigenvalue weighted by Gasteiger charge is -2.08. The lowest BCUT2D eigenvalue weighted by molar-refractivity contribution is 0.215. The third kappa shape index (κ3) is 3.55. The largest absolute Gasteiger partial charge is 0.443 e. The zero-order chi connectivity index (χ0) is 21.2. The lowest BCUT2D eigenvalue weighted by atomic mass is 10.0. The maximum atomic E-state index is 12.1. The van der Waals surface area contributed by atoms with Crippen molar-refractivity contribution in [1.29, 1.82) is 0 Å². The average Bonchev–Trinajstić information content (AvgIpc) is 3.43. The van der Waals surface area contributed by atoms with Gasteiger partial charge in [-0.15, -0.1) is 0 Å². The summed E-state index contributed by atoms with van der Waals surface area (Å²) in [6, 6.07) is 16.1. The number of fused-ring (bicyclic) bond motifs is 1. The topological polar surface area (TPSA) is 121 Å². The van der Waals surface area contributed by atoms with Crippen molar-refractivity contribution in [2.75, 3.05) is 11.1 Å². The molecule has 3 aromatic heterocycles. The highest BCUT2D eigenvalue weighted by Crippen LogP contribution is 2.38. The lowest BCUT2D eigenvalue weighted by Crippen LogP contribution is -2.16. The summed E-state index contributed by atoms with van der Waals surface area (Å²) in [4.78, 5) is 20.2. The number of ether oxygens (including phenoxy) is 1. The molecule has 0 spiro atoms. The number of aromatic nitrogens is 4. The van der Waals surface area contributed by atoms with Gasteiger partial charge in [-0.3, -0.25) is 5.32 Å². The van der Waals surface area contributed by atoms with Crippen LogP contribution in [0.3, 0.4) is 0 Å². The van der Waals surface area contributed by atoms with Gasteiger partial charge in [0.1, 0.15) is 17.6 Å². The van der Waals surface area contributed by atoms with Gasteiger partial charge in [-0.25, -0.2) is 19.3 Å². The molecule has 0 fully saturated rings. The van der Waals surface area contributed by atoms with Crippen LogP contribution in [0.15, 0.2) is 84.1 Å². The maximum absolute atomic E-state index is 12.1. The Morgan fingerprint density at radius 1 is 1.10 bits per heavy atom. The molecule has 3 N–H and O–H groups in total. The van der Waals surface area contributed by atoms with Gasteiger partial charge in [0.25, 0.3) is 0 Å². The number of anilines is 2. The van der Waals surface area contributed by atoms with Gasteiger partial charge in [-0.05, 0) is 29.8 Å². The first-order chi connectivity index (χ1) is 15.2. The summed E-state index contributed by atoms with van der Waals surface area (Å²) in [5.41, 5.74) is 9.79. The van der Waals surface area contributed by atoms with Crippen LogP contribution in [0.2, 0.25) is 0 Å². The highest BCUT2D eigenvalue weighted by atomic mass is 16.6. The molecule has 0 aliphatic carbocycles. The highest BCUT2D eigenvalue weighted by molar-refractivity contribution is 5.97. The number of nitrogen functional groups attached to an aromatic ring is 1. The Kier molecular flexibility index (Phi) is 4.53. The van der Waals surface area contributed by atoms with Gasteiger partial charge in [0.2, 0.25) is 0 Å². The van der Waals surface area contributed by atoms with E-state index in [0.717, 1.165) is 16.7 Å². The number of oxazole rings is 1. The van der Waals surface area contributed by atoms with Crippen LogP contribution >= 0.6 is 0 Å². The zero-order valence-electron chi connectivity index (χ0n) is 16.1. The fraction of sp³-hybridized carbons (Fsp3) is 0. The van der Waals surface area contributed by atoms with E-state index in [2.05, 4.69) is 20.4 Å². The Hall–Kier alpha value is -4.66. The van der Waals surface area contributed by atoms with Crippen LogP contribution < -0.4 is 15.8 Å². The van der Waals surface area contributed by atoms with E-state index in [0.29, 0.717) is 28.5 Å². The standard InChI is InChI=1S/C22H16N6O3/c23-21-20-19(17(18-10-24-13-30-18)11-28(20)26-12-25-21)14-6-8-15(9-7-14)27-22(29)31-16-4-2-1-3-5-16/h1-13H,(H,27,29)(H2,23,25,26). The van der Waals surface area contributed by atoms with Crippen molar-refractivity contribution in [1.82, 2.24) is 19.6 Å². The van der Waals surface area contributed by atoms with Crippen molar-refractivity contribution in [3.8, 4) is 28.2 Å². The summed E-state index contributed by atoms with van der Waals surface area (Å²) < 4.78 is 12.4. The number of amides is 1. The van der Waals surface area contributed by atoms with Crippen LogP contribution in [0.4, 0.5) is 16.3 Å². The third-order valence-corrected chi connectivity index (χ3v) is 4.67. The Morgan fingerprint density at radius 2 is 1.90 bits per heavy atom. The molecular weight excluding hydrogens is 396 g/mol. The van der Waals surface area contributed by atoms with E-state index in [1.165, 1.54) is 12.7 Å². The van der Waals surface area contributed by atoms with E-state index in [1.807, 2.05) is 24.4 Å². The number of nitrogens with two attached hydrogens (primary N) is 1. The summed E-state index contributed by atoms with van der Waals surface area (Å²) in [6.45, 7) is 0. The highest BCUT2D eigenvalue weighted by Gasteiger charge is 2.20. The van der Waals surface area contributed by atoms with E-state index in [-0.39, 0.29) is 0 Å². The number of nitrogens with one attached hydrogen (secondary N) is 1. The first-order valence-electron chi connectivity index (χ1n) is 9.34. The molecule has 0 aliphatic rings. The van der Waals surface area contributed by atoms with Crippen molar-refractivity contribution in [2.45, 2.75) is 0 Å². The third-order valence-electron chi connectivity index (χ3n) is 4.67. The summed E-state index contributed by atoms with van der Waals surface area (Å²) in [5, 5.41) is 6.95. The second-order valence-electron chi connectivity index (χ2n) is 6.63. The Balaban J connectivity index is 1.47. The number of hydrogen-bond acceptors (Lipinski definition) is 7. The minimum absolute atomic E-state index is 0.337. The zero-order valence-corrected chi connectivity index (χ0v) is 16.1. The van der Waals surface area contributed by atoms with Crippen LogP contribution in [0.1, 0.15) is 0 Å². The normalized spacial score (nSPS) is 10.8. The number of hydrogen-bond donors (Lipinski definition) is 2. The molecule has 3 heterocycles. The SMILES string of the molecule is Nc1ncnn2cc(-c3cnco3)c(-c3ccc(NC(=O)Oc4ccccc4)cc3)c12. The molecule has 0 unspecified atom stereocenters. The predicted molar refractivity (Wildman–Crippen MR) is 114 cm³/mol. The molecule has 31 heavy (non-hydrogen) atoms. The summed E-state index contributed by atoms with van der Waals surface area (Å²) >= 11 is 0. The van der Waals surface area contributed by atoms with Gasteiger partial charge >= 0.3 is 6.09 Å². The van der Waals surface area contributed by atoms with Crippen LogP contribution in [-0.4, -0.2) is 25.7 Å². The van der Waals surface area contributed by atoms with Gasteiger partial charge < -0.3 is 14.9 Å². The average molecular weight is 412 g/mol. The molecule has 0 bridgehead atoms. The summed E-state index contributed by atoms with van der Waals surface area (Å²) in [5.74, 6) is 1.38. The molecule has 152 valence electrons. The first kappa shape index (κ1) is 18.4. The van der Waals surface area contributed by atoms with Gasteiger partial charge in [-0.2, -0.15) is 5.10 Å². The molecule has 9 nitrogen and oxygen atoms in total. The van der Waals surface area contributed by atoms with Crippen molar-refractivity contribution in [2.24, 2.45) is 0 Å². The Bertz CT molecular complexity index is 1350. The molecule has 0 saturated heterocycles. The van der Waals surface area contributed by atoms with Crippen LogP contribution in [0.5, 0.6) is 5.75 Å². The quantitative estimate of drug-likeness (QED) is 0.453. The molecule has 0 radical (unpaired) electrons. The molecule has 5 aromatic rings. The van der Waals surface area contributed by atoms with Crippen molar-refractivity contribution < 1.29 is 13.9 Å². The number of rotatable bonds is 4. The second-order valence-corrected chi connectivity index (χ2v) is 6.63. The number of nitrogens with zero attached hydrogens (tertiary/aromatic N) is 4. The molecule has 0 atom stereocenters. The van der Waals surface area contributed by atoms with Gasteiger partial charge in [0, 0.05) is 23.0 Å².